The number of hydrogen-bond donors (Lipinski definition) is 1. The van der Waals surface area contributed by atoms with Crippen molar-refractivity contribution in [1.82, 2.24) is 0 Å². The van der Waals surface area contributed by atoms with Gasteiger partial charge < -0.3 is 9.84 Å². The van der Waals surface area contributed by atoms with Crippen LogP contribution < -0.4 is 0 Å². The quantitative estimate of drug-likeness (QED) is 0.541. The van der Waals surface area contributed by atoms with E-state index in [9.17, 15) is 4.79 Å². The SMILES string of the molecule is CCCCCCCCCc1ccc(CCOCC(=O)O)cc1. The van der Waals surface area contributed by atoms with E-state index in [0.29, 0.717) is 6.61 Å². The van der Waals surface area contributed by atoms with Gasteiger partial charge in [0.2, 0.25) is 0 Å². The van der Waals surface area contributed by atoms with E-state index >= 15 is 0 Å². The molecule has 3 heteroatoms. The van der Waals surface area contributed by atoms with Gasteiger partial charge in [0.15, 0.2) is 0 Å². The van der Waals surface area contributed by atoms with E-state index in [4.69, 9.17) is 9.84 Å². The smallest absolute Gasteiger partial charge is 0.329 e. The van der Waals surface area contributed by atoms with Crippen LogP contribution in [0.4, 0.5) is 0 Å². The molecule has 0 bridgehead atoms. The molecule has 0 spiro atoms. The third-order valence-electron chi connectivity index (χ3n) is 3.85. The number of benzene rings is 1. The third-order valence-corrected chi connectivity index (χ3v) is 3.85. The van der Waals surface area contributed by atoms with Gasteiger partial charge in [-0.25, -0.2) is 4.79 Å². The van der Waals surface area contributed by atoms with Gasteiger partial charge in [0.25, 0.3) is 0 Å². The van der Waals surface area contributed by atoms with Crippen LogP contribution in [0, 0.1) is 0 Å². The Kier molecular flexibility index (Phi) is 10.4. The van der Waals surface area contributed by atoms with Gasteiger partial charge in [-0.3, -0.25) is 0 Å². The van der Waals surface area contributed by atoms with Crippen molar-refractivity contribution >= 4 is 5.97 Å². The van der Waals surface area contributed by atoms with Crippen molar-refractivity contribution in [3.8, 4) is 0 Å². The minimum absolute atomic E-state index is 0.212. The van der Waals surface area contributed by atoms with Gasteiger partial charge >= 0.3 is 5.97 Å². The number of hydrogen-bond acceptors (Lipinski definition) is 2. The van der Waals surface area contributed by atoms with Crippen molar-refractivity contribution in [1.29, 1.82) is 0 Å². The Labute approximate surface area is 134 Å². The van der Waals surface area contributed by atoms with Crippen molar-refractivity contribution in [3.63, 3.8) is 0 Å². The Morgan fingerprint density at radius 2 is 1.45 bits per heavy atom. The molecule has 0 saturated carbocycles. The first-order valence-electron chi connectivity index (χ1n) is 8.59. The maximum absolute atomic E-state index is 10.3. The molecule has 1 N–H and O–H groups in total. The molecule has 0 aliphatic carbocycles. The molecule has 1 aromatic rings. The van der Waals surface area contributed by atoms with Crippen LogP contribution in [0.1, 0.15) is 63.0 Å². The van der Waals surface area contributed by atoms with E-state index in [2.05, 4.69) is 31.2 Å². The van der Waals surface area contributed by atoms with Gasteiger partial charge in [-0.1, -0.05) is 69.7 Å². The highest BCUT2D eigenvalue weighted by atomic mass is 16.5. The van der Waals surface area contributed by atoms with E-state index in [1.807, 2.05) is 0 Å². The largest absolute Gasteiger partial charge is 0.480 e. The lowest BCUT2D eigenvalue weighted by atomic mass is 10.0. The average molecular weight is 306 g/mol. The number of carboxylic acids is 1. The van der Waals surface area contributed by atoms with Crippen LogP contribution in [0.5, 0.6) is 0 Å². The van der Waals surface area contributed by atoms with Gasteiger partial charge in [0.05, 0.1) is 6.61 Å². The van der Waals surface area contributed by atoms with Crippen LogP contribution in [-0.2, 0) is 22.4 Å². The lowest BCUT2D eigenvalue weighted by Gasteiger charge is -2.05. The number of unbranched alkanes of at least 4 members (excludes halogenated alkanes) is 6. The van der Waals surface area contributed by atoms with Crippen LogP contribution in [0.25, 0.3) is 0 Å². The minimum atomic E-state index is -0.912. The molecule has 0 fully saturated rings. The van der Waals surface area contributed by atoms with Crippen molar-refractivity contribution in [2.45, 2.75) is 64.7 Å². The molecule has 0 unspecified atom stereocenters. The Morgan fingerprint density at radius 1 is 0.909 bits per heavy atom. The summed E-state index contributed by atoms with van der Waals surface area (Å²) < 4.78 is 5.05. The lowest BCUT2D eigenvalue weighted by Crippen LogP contribution is -2.09. The summed E-state index contributed by atoms with van der Waals surface area (Å²) in [6, 6.07) is 8.62. The fourth-order valence-electron chi connectivity index (χ4n) is 2.51. The molecule has 0 heterocycles. The topological polar surface area (TPSA) is 46.5 Å². The van der Waals surface area contributed by atoms with Gasteiger partial charge in [-0.05, 0) is 30.4 Å². The van der Waals surface area contributed by atoms with Crippen LogP contribution in [0.15, 0.2) is 24.3 Å². The van der Waals surface area contributed by atoms with Crippen molar-refractivity contribution in [3.05, 3.63) is 35.4 Å². The minimum Gasteiger partial charge on any atom is -0.480 e. The predicted octanol–water partition coefficient (Wildman–Crippen LogP) is 4.62. The summed E-state index contributed by atoms with van der Waals surface area (Å²) in [7, 11) is 0. The summed E-state index contributed by atoms with van der Waals surface area (Å²) >= 11 is 0. The van der Waals surface area contributed by atoms with E-state index in [0.717, 1.165) is 12.8 Å². The Balaban J connectivity index is 2.09. The molecular weight excluding hydrogens is 276 g/mol. The predicted molar refractivity (Wildman–Crippen MR) is 90.3 cm³/mol. The molecule has 0 radical (unpaired) electrons. The zero-order chi connectivity index (χ0) is 16.0. The molecular formula is C19H30O3. The molecule has 124 valence electrons. The van der Waals surface area contributed by atoms with Crippen LogP contribution in [-0.4, -0.2) is 24.3 Å². The summed E-state index contributed by atoms with van der Waals surface area (Å²) in [6.07, 6.45) is 11.3. The van der Waals surface area contributed by atoms with Crippen LogP contribution >= 0.6 is 0 Å². The van der Waals surface area contributed by atoms with E-state index in [1.54, 1.807) is 0 Å². The highest BCUT2D eigenvalue weighted by Gasteiger charge is 1.99. The molecule has 1 rings (SSSR count). The van der Waals surface area contributed by atoms with E-state index in [-0.39, 0.29) is 6.61 Å². The average Bonchev–Trinajstić information content (AvgIpc) is 2.52. The summed E-state index contributed by atoms with van der Waals surface area (Å²) in [6.45, 7) is 2.50. The maximum Gasteiger partial charge on any atom is 0.329 e. The Hall–Kier alpha value is -1.35. The zero-order valence-electron chi connectivity index (χ0n) is 13.9. The second kappa shape index (κ2) is 12.2. The van der Waals surface area contributed by atoms with E-state index < -0.39 is 5.97 Å². The standard InChI is InChI=1S/C19H30O3/c1-2-3-4-5-6-7-8-9-17-10-12-18(13-11-17)14-15-22-16-19(20)21/h10-13H,2-9,14-16H2,1H3,(H,20,21). The highest BCUT2D eigenvalue weighted by molar-refractivity contribution is 5.67. The third kappa shape index (κ3) is 9.56. The first-order chi connectivity index (χ1) is 10.7. The lowest BCUT2D eigenvalue weighted by molar-refractivity contribution is -0.142. The molecule has 0 aromatic heterocycles. The maximum atomic E-state index is 10.3. The number of rotatable bonds is 13. The first kappa shape index (κ1) is 18.7. The fourth-order valence-corrected chi connectivity index (χ4v) is 2.51. The number of ether oxygens (including phenoxy) is 1. The van der Waals surface area contributed by atoms with Gasteiger partial charge in [0, 0.05) is 0 Å². The summed E-state index contributed by atoms with van der Waals surface area (Å²) in [5.41, 5.74) is 2.59. The van der Waals surface area contributed by atoms with Crippen molar-refractivity contribution < 1.29 is 14.6 Å². The van der Waals surface area contributed by atoms with Gasteiger partial charge in [0.1, 0.15) is 6.61 Å². The molecule has 0 amide bonds. The van der Waals surface area contributed by atoms with Crippen LogP contribution in [0.2, 0.25) is 0 Å². The molecule has 1 aromatic carbocycles. The summed E-state index contributed by atoms with van der Waals surface area (Å²) in [5.74, 6) is -0.912. The molecule has 0 saturated heterocycles. The number of aryl methyl sites for hydroxylation is 1. The van der Waals surface area contributed by atoms with E-state index in [1.165, 1.54) is 56.1 Å². The fraction of sp³-hybridized carbons (Fsp3) is 0.632. The van der Waals surface area contributed by atoms with Gasteiger partial charge in [-0.15, -0.1) is 0 Å². The number of carboxylic acid groups (broad SMARTS) is 1. The highest BCUT2D eigenvalue weighted by Crippen LogP contribution is 2.12. The second-order valence-electron chi connectivity index (χ2n) is 5.88. The van der Waals surface area contributed by atoms with Crippen molar-refractivity contribution in [2.75, 3.05) is 13.2 Å². The molecule has 0 aliphatic rings. The zero-order valence-corrected chi connectivity index (χ0v) is 13.9. The summed E-state index contributed by atoms with van der Waals surface area (Å²) in [4.78, 5) is 10.3. The van der Waals surface area contributed by atoms with Gasteiger partial charge in [-0.2, -0.15) is 0 Å². The van der Waals surface area contributed by atoms with Crippen molar-refractivity contribution in [2.24, 2.45) is 0 Å². The Bertz CT molecular complexity index is 398. The monoisotopic (exact) mass is 306 g/mol. The molecule has 22 heavy (non-hydrogen) atoms. The normalized spacial score (nSPS) is 10.8. The summed E-state index contributed by atoms with van der Waals surface area (Å²) in [5, 5.41) is 8.49. The first-order valence-corrected chi connectivity index (χ1v) is 8.59. The number of carbonyl (C=O) groups is 1. The second-order valence-corrected chi connectivity index (χ2v) is 5.88. The molecule has 0 aliphatic heterocycles. The molecule has 0 atom stereocenters. The number of aliphatic carboxylic acids is 1. The van der Waals surface area contributed by atoms with Crippen LogP contribution in [0.3, 0.4) is 0 Å². The Morgan fingerprint density at radius 3 is 2.05 bits per heavy atom. The molecule has 3 nitrogen and oxygen atoms in total.